The lowest BCUT2D eigenvalue weighted by Gasteiger charge is -2.35. The van der Waals surface area contributed by atoms with E-state index in [0.29, 0.717) is 18.2 Å². The van der Waals surface area contributed by atoms with Crippen LogP contribution in [-0.4, -0.2) is 39.4 Å². The van der Waals surface area contributed by atoms with Gasteiger partial charge in [-0.15, -0.1) is 0 Å². The van der Waals surface area contributed by atoms with E-state index in [9.17, 15) is 0 Å². The standard InChI is InChI=1S/C18H24N4O3/c1-12(2)25-21-17(22-11-19-10-20-22)13-6-7-14-15(8-13)24-16(9-23-14)18(3,4)5/h6-8,10-12,16H,9H2,1-5H3/b21-17-. The second-order valence-corrected chi connectivity index (χ2v) is 7.35. The van der Waals surface area contributed by atoms with Crippen LogP contribution in [0.1, 0.15) is 40.2 Å². The lowest BCUT2D eigenvalue weighted by Crippen LogP contribution is -2.40. The maximum absolute atomic E-state index is 6.16. The predicted octanol–water partition coefficient (Wildman–Crippen LogP) is 3.10. The number of nitrogens with zero attached hydrogens (tertiary/aromatic N) is 4. The molecule has 25 heavy (non-hydrogen) atoms. The molecule has 0 fully saturated rings. The van der Waals surface area contributed by atoms with Gasteiger partial charge in [0.2, 0.25) is 5.84 Å². The van der Waals surface area contributed by atoms with E-state index in [2.05, 4.69) is 36.0 Å². The van der Waals surface area contributed by atoms with Crippen LogP contribution in [0.3, 0.4) is 0 Å². The highest BCUT2D eigenvalue weighted by atomic mass is 16.6. The van der Waals surface area contributed by atoms with E-state index in [1.165, 1.54) is 6.33 Å². The zero-order chi connectivity index (χ0) is 18.0. The molecule has 134 valence electrons. The van der Waals surface area contributed by atoms with E-state index >= 15 is 0 Å². The van der Waals surface area contributed by atoms with Crippen LogP contribution in [0.4, 0.5) is 0 Å². The van der Waals surface area contributed by atoms with Gasteiger partial charge in [-0.1, -0.05) is 25.9 Å². The Kier molecular flexibility index (Phi) is 4.65. The van der Waals surface area contributed by atoms with Gasteiger partial charge in [0.05, 0.1) is 0 Å². The van der Waals surface area contributed by atoms with Crippen LogP contribution in [0.15, 0.2) is 36.0 Å². The van der Waals surface area contributed by atoms with Crippen molar-refractivity contribution < 1.29 is 14.3 Å². The van der Waals surface area contributed by atoms with Gasteiger partial charge in [-0.25, -0.2) is 4.98 Å². The minimum atomic E-state index is -0.0407. The van der Waals surface area contributed by atoms with Gasteiger partial charge >= 0.3 is 0 Å². The van der Waals surface area contributed by atoms with Gasteiger partial charge in [0.25, 0.3) is 0 Å². The second kappa shape index (κ2) is 6.74. The number of fused-ring (bicyclic) bond motifs is 1. The molecule has 2 aromatic rings. The SMILES string of the molecule is CC(C)O/N=C(/c1ccc2c(c1)OC(C(C)(C)C)CO2)n1cncn1. The largest absolute Gasteiger partial charge is 0.486 e. The van der Waals surface area contributed by atoms with Crippen LogP contribution in [0.5, 0.6) is 11.5 Å². The Morgan fingerprint density at radius 3 is 2.76 bits per heavy atom. The first kappa shape index (κ1) is 17.3. The van der Waals surface area contributed by atoms with E-state index in [4.69, 9.17) is 14.3 Å². The van der Waals surface area contributed by atoms with Gasteiger partial charge in [0.15, 0.2) is 11.5 Å². The summed E-state index contributed by atoms with van der Waals surface area (Å²) in [7, 11) is 0. The first-order valence-electron chi connectivity index (χ1n) is 8.37. The Hall–Kier alpha value is -2.57. The van der Waals surface area contributed by atoms with Crippen LogP contribution < -0.4 is 9.47 Å². The lowest BCUT2D eigenvalue weighted by molar-refractivity contribution is 0.0163. The molecule has 0 spiro atoms. The minimum Gasteiger partial charge on any atom is -0.486 e. The molecule has 7 heteroatoms. The van der Waals surface area contributed by atoms with Gasteiger partial charge in [-0.05, 0) is 32.0 Å². The molecule has 1 aliphatic heterocycles. The normalized spacial score (nSPS) is 17.7. The smallest absolute Gasteiger partial charge is 0.201 e. The summed E-state index contributed by atoms with van der Waals surface area (Å²) in [6.45, 7) is 10.8. The number of oxime groups is 1. The fraction of sp³-hybridized carbons (Fsp3) is 0.500. The average Bonchev–Trinajstić information content (AvgIpc) is 3.07. The van der Waals surface area contributed by atoms with Crippen LogP contribution in [0, 0.1) is 5.41 Å². The van der Waals surface area contributed by atoms with E-state index in [1.807, 2.05) is 32.0 Å². The summed E-state index contributed by atoms with van der Waals surface area (Å²) in [6, 6.07) is 5.69. The van der Waals surface area contributed by atoms with Crippen molar-refractivity contribution in [1.29, 1.82) is 0 Å². The van der Waals surface area contributed by atoms with Crippen molar-refractivity contribution in [2.75, 3.05) is 6.61 Å². The summed E-state index contributed by atoms with van der Waals surface area (Å²) in [4.78, 5) is 9.42. The van der Waals surface area contributed by atoms with Crippen molar-refractivity contribution in [3.8, 4) is 11.5 Å². The number of hydrogen-bond acceptors (Lipinski definition) is 6. The van der Waals surface area contributed by atoms with E-state index in [0.717, 1.165) is 11.3 Å². The molecular weight excluding hydrogens is 320 g/mol. The molecule has 0 saturated heterocycles. The Morgan fingerprint density at radius 2 is 2.12 bits per heavy atom. The average molecular weight is 344 g/mol. The Balaban J connectivity index is 1.95. The summed E-state index contributed by atoms with van der Waals surface area (Å²) < 4.78 is 13.6. The minimum absolute atomic E-state index is 0.0166. The Morgan fingerprint density at radius 1 is 1.32 bits per heavy atom. The molecule has 1 aromatic carbocycles. The quantitative estimate of drug-likeness (QED) is 0.486. The Bertz CT molecular complexity index is 748. The summed E-state index contributed by atoms with van der Waals surface area (Å²) >= 11 is 0. The molecule has 0 radical (unpaired) electrons. The van der Waals surface area contributed by atoms with Gasteiger partial charge in [0.1, 0.15) is 31.5 Å². The van der Waals surface area contributed by atoms with E-state index in [-0.39, 0.29) is 17.6 Å². The summed E-state index contributed by atoms with van der Waals surface area (Å²) in [6.07, 6.45) is 2.98. The molecule has 1 aromatic heterocycles. The van der Waals surface area contributed by atoms with Crippen molar-refractivity contribution in [3.63, 3.8) is 0 Å². The molecule has 0 amide bonds. The first-order valence-corrected chi connectivity index (χ1v) is 8.37. The van der Waals surface area contributed by atoms with Crippen molar-refractivity contribution >= 4 is 5.84 Å². The third kappa shape index (κ3) is 3.92. The zero-order valence-electron chi connectivity index (χ0n) is 15.3. The molecule has 1 atom stereocenters. The maximum atomic E-state index is 6.16. The monoisotopic (exact) mass is 344 g/mol. The fourth-order valence-electron chi connectivity index (χ4n) is 2.34. The predicted molar refractivity (Wildman–Crippen MR) is 94.0 cm³/mol. The van der Waals surface area contributed by atoms with Crippen molar-refractivity contribution in [1.82, 2.24) is 14.8 Å². The molecule has 1 aliphatic rings. The third-order valence-corrected chi connectivity index (χ3v) is 3.81. The number of hydrogen-bond donors (Lipinski definition) is 0. The van der Waals surface area contributed by atoms with Crippen molar-refractivity contribution in [2.45, 2.75) is 46.8 Å². The van der Waals surface area contributed by atoms with Crippen molar-refractivity contribution in [2.24, 2.45) is 10.6 Å². The first-order chi connectivity index (χ1) is 11.8. The van der Waals surface area contributed by atoms with Crippen LogP contribution in [0.2, 0.25) is 0 Å². The topological polar surface area (TPSA) is 70.8 Å². The lowest BCUT2D eigenvalue weighted by atomic mass is 9.89. The zero-order valence-corrected chi connectivity index (χ0v) is 15.3. The van der Waals surface area contributed by atoms with E-state index in [1.54, 1.807) is 11.0 Å². The summed E-state index contributed by atoms with van der Waals surface area (Å²) in [5, 5.41) is 8.39. The molecule has 3 rings (SSSR count). The van der Waals surface area contributed by atoms with E-state index < -0.39 is 0 Å². The molecular formula is C18H24N4O3. The molecule has 0 N–H and O–H groups in total. The highest BCUT2D eigenvalue weighted by Gasteiger charge is 2.32. The van der Waals surface area contributed by atoms with Crippen LogP contribution in [0.25, 0.3) is 0 Å². The van der Waals surface area contributed by atoms with Gasteiger partial charge in [-0.3, -0.25) is 0 Å². The molecule has 0 aliphatic carbocycles. The summed E-state index contributed by atoms with van der Waals surface area (Å²) in [5.74, 6) is 1.96. The fourth-order valence-corrected chi connectivity index (χ4v) is 2.34. The highest BCUT2D eigenvalue weighted by molar-refractivity contribution is 5.99. The third-order valence-electron chi connectivity index (χ3n) is 3.81. The number of ether oxygens (including phenoxy) is 2. The summed E-state index contributed by atoms with van der Waals surface area (Å²) in [5.41, 5.74) is 0.792. The molecule has 0 bridgehead atoms. The highest BCUT2D eigenvalue weighted by Crippen LogP contribution is 2.37. The van der Waals surface area contributed by atoms with Crippen LogP contribution in [-0.2, 0) is 4.84 Å². The second-order valence-electron chi connectivity index (χ2n) is 7.35. The van der Waals surface area contributed by atoms with Crippen molar-refractivity contribution in [3.05, 3.63) is 36.4 Å². The molecule has 2 heterocycles. The number of rotatable bonds is 3. The van der Waals surface area contributed by atoms with Gasteiger partial charge in [0, 0.05) is 11.0 Å². The van der Waals surface area contributed by atoms with Gasteiger partial charge in [-0.2, -0.15) is 9.78 Å². The Labute approximate surface area is 147 Å². The van der Waals surface area contributed by atoms with Gasteiger partial charge < -0.3 is 14.3 Å². The maximum Gasteiger partial charge on any atom is 0.201 e. The number of aromatic nitrogens is 3. The van der Waals surface area contributed by atoms with Crippen LogP contribution >= 0.6 is 0 Å². The molecule has 0 saturated carbocycles. The number of benzene rings is 1. The molecule has 1 unspecified atom stereocenters. The molecule has 7 nitrogen and oxygen atoms in total.